The van der Waals surface area contributed by atoms with Crippen LogP contribution in [0.4, 0.5) is 0 Å². The number of aromatic amines is 1. The van der Waals surface area contributed by atoms with Crippen molar-refractivity contribution in [2.75, 3.05) is 0 Å². The van der Waals surface area contributed by atoms with E-state index in [9.17, 15) is 0 Å². The van der Waals surface area contributed by atoms with Crippen LogP contribution in [-0.2, 0) is 6.54 Å². The van der Waals surface area contributed by atoms with Crippen LogP contribution in [0.5, 0.6) is 0 Å². The van der Waals surface area contributed by atoms with Gasteiger partial charge in [-0.3, -0.25) is 0 Å². The molecule has 1 aromatic carbocycles. The monoisotopic (exact) mass is 198 g/mol. The molecule has 74 valence electrons. The maximum atomic E-state index is 4.31. The first kappa shape index (κ1) is 8.23. The molecule has 0 aliphatic heterocycles. The highest BCUT2D eigenvalue weighted by molar-refractivity contribution is 5.78. The molecule has 3 aromatic rings. The van der Waals surface area contributed by atoms with Gasteiger partial charge in [0.1, 0.15) is 0 Å². The summed E-state index contributed by atoms with van der Waals surface area (Å²) in [7, 11) is 0. The van der Waals surface area contributed by atoms with Gasteiger partial charge in [0.2, 0.25) is 0 Å². The van der Waals surface area contributed by atoms with Crippen molar-refractivity contribution >= 4 is 11.0 Å². The number of aromatic nitrogens is 4. The molecule has 0 unspecified atom stereocenters. The van der Waals surface area contributed by atoms with E-state index < -0.39 is 0 Å². The standard InChI is InChI=1S/C11H10N4/c1-2-9(6-15-5-4-12-8-15)11-10(3-1)13-7-14-11/h1-5,7-8H,6H2,(H,13,14). The quantitative estimate of drug-likeness (QED) is 0.682. The number of para-hydroxylation sites is 1. The number of rotatable bonds is 2. The Kier molecular flexibility index (Phi) is 1.78. The zero-order chi connectivity index (χ0) is 10.1. The Morgan fingerprint density at radius 3 is 3.20 bits per heavy atom. The largest absolute Gasteiger partial charge is 0.345 e. The Hall–Kier alpha value is -2.10. The predicted octanol–water partition coefficient (Wildman–Crippen LogP) is 1.81. The zero-order valence-corrected chi connectivity index (χ0v) is 8.09. The van der Waals surface area contributed by atoms with E-state index in [1.54, 1.807) is 12.5 Å². The lowest BCUT2D eigenvalue weighted by Crippen LogP contribution is -1.96. The smallest absolute Gasteiger partial charge is 0.0949 e. The minimum Gasteiger partial charge on any atom is -0.345 e. The Morgan fingerprint density at radius 1 is 1.33 bits per heavy atom. The number of imidazole rings is 2. The van der Waals surface area contributed by atoms with Gasteiger partial charge in [0, 0.05) is 12.4 Å². The van der Waals surface area contributed by atoms with Gasteiger partial charge in [-0.1, -0.05) is 12.1 Å². The minimum atomic E-state index is 0.808. The van der Waals surface area contributed by atoms with Crippen LogP contribution >= 0.6 is 0 Å². The number of benzene rings is 1. The van der Waals surface area contributed by atoms with E-state index in [-0.39, 0.29) is 0 Å². The third-order valence-electron chi connectivity index (χ3n) is 2.45. The van der Waals surface area contributed by atoms with Gasteiger partial charge in [0.25, 0.3) is 0 Å². The van der Waals surface area contributed by atoms with E-state index in [1.807, 2.05) is 29.2 Å². The van der Waals surface area contributed by atoms with Crippen molar-refractivity contribution in [2.24, 2.45) is 0 Å². The molecular weight excluding hydrogens is 188 g/mol. The Balaban J connectivity index is 2.07. The van der Waals surface area contributed by atoms with Crippen molar-refractivity contribution < 1.29 is 0 Å². The second kappa shape index (κ2) is 3.24. The Labute approximate surface area is 86.6 Å². The molecule has 0 bridgehead atoms. The summed E-state index contributed by atoms with van der Waals surface area (Å²) in [6, 6.07) is 6.15. The first-order valence-corrected chi connectivity index (χ1v) is 4.80. The lowest BCUT2D eigenvalue weighted by atomic mass is 10.2. The first-order valence-electron chi connectivity index (χ1n) is 4.80. The van der Waals surface area contributed by atoms with E-state index in [2.05, 4.69) is 21.0 Å². The summed E-state index contributed by atoms with van der Waals surface area (Å²) in [4.78, 5) is 11.4. The summed E-state index contributed by atoms with van der Waals surface area (Å²) in [5.41, 5.74) is 3.31. The van der Waals surface area contributed by atoms with E-state index in [1.165, 1.54) is 5.56 Å². The van der Waals surface area contributed by atoms with Crippen LogP contribution in [0.1, 0.15) is 5.56 Å². The third kappa shape index (κ3) is 1.40. The van der Waals surface area contributed by atoms with Crippen molar-refractivity contribution in [3.05, 3.63) is 48.8 Å². The van der Waals surface area contributed by atoms with Gasteiger partial charge < -0.3 is 9.55 Å². The van der Waals surface area contributed by atoms with Crippen LogP contribution in [0.25, 0.3) is 11.0 Å². The highest BCUT2D eigenvalue weighted by Crippen LogP contribution is 2.15. The molecule has 0 aliphatic rings. The van der Waals surface area contributed by atoms with Crippen molar-refractivity contribution in [2.45, 2.75) is 6.54 Å². The van der Waals surface area contributed by atoms with Crippen LogP contribution in [0.3, 0.4) is 0 Å². The molecule has 1 N–H and O–H groups in total. The topological polar surface area (TPSA) is 46.5 Å². The number of hydrogen-bond donors (Lipinski definition) is 1. The zero-order valence-electron chi connectivity index (χ0n) is 8.09. The summed E-state index contributed by atoms with van der Waals surface area (Å²) in [5.74, 6) is 0. The van der Waals surface area contributed by atoms with Gasteiger partial charge in [0.15, 0.2) is 0 Å². The number of nitrogens with one attached hydrogen (secondary N) is 1. The van der Waals surface area contributed by atoms with Crippen molar-refractivity contribution in [3.8, 4) is 0 Å². The van der Waals surface area contributed by atoms with Gasteiger partial charge >= 0.3 is 0 Å². The average Bonchev–Trinajstić information content (AvgIpc) is 2.87. The first-order chi connectivity index (χ1) is 7.43. The summed E-state index contributed by atoms with van der Waals surface area (Å²) < 4.78 is 2.03. The van der Waals surface area contributed by atoms with Crippen LogP contribution in [0.2, 0.25) is 0 Å². The molecule has 0 aliphatic carbocycles. The molecule has 4 heteroatoms. The summed E-state index contributed by atoms with van der Waals surface area (Å²) in [6.45, 7) is 0.808. The van der Waals surface area contributed by atoms with Crippen LogP contribution in [0.15, 0.2) is 43.2 Å². The summed E-state index contributed by atoms with van der Waals surface area (Å²) in [5, 5.41) is 0. The van der Waals surface area contributed by atoms with Gasteiger partial charge in [-0.25, -0.2) is 9.97 Å². The van der Waals surface area contributed by atoms with Crippen LogP contribution < -0.4 is 0 Å². The Morgan fingerprint density at radius 2 is 2.33 bits per heavy atom. The van der Waals surface area contributed by atoms with E-state index in [4.69, 9.17) is 0 Å². The molecule has 0 fully saturated rings. The highest BCUT2D eigenvalue weighted by Gasteiger charge is 2.02. The number of H-pyrrole nitrogens is 1. The van der Waals surface area contributed by atoms with Crippen LogP contribution in [0, 0.1) is 0 Å². The van der Waals surface area contributed by atoms with E-state index in [0.717, 1.165) is 17.6 Å². The predicted molar refractivity (Wildman–Crippen MR) is 57.4 cm³/mol. The third-order valence-corrected chi connectivity index (χ3v) is 2.45. The number of nitrogens with zero attached hydrogens (tertiary/aromatic N) is 3. The van der Waals surface area contributed by atoms with Crippen LogP contribution in [-0.4, -0.2) is 19.5 Å². The normalized spacial score (nSPS) is 10.9. The molecule has 0 saturated heterocycles. The summed E-state index contributed by atoms with van der Waals surface area (Å²) in [6.07, 6.45) is 7.27. The molecule has 0 spiro atoms. The minimum absolute atomic E-state index is 0.808. The fraction of sp³-hybridized carbons (Fsp3) is 0.0909. The van der Waals surface area contributed by atoms with Gasteiger partial charge in [-0.2, -0.15) is 0 Å². The molecule has 0 amide bonds. The lowest BCUT2D eigenvalue weighted by molar-refractivity contribution is 0.801. The second-order valence-electron chi connectivity index (χ2n) is 3.45. The molecule has 4 nitrogen and oxygen atoms in total. The maximum absolute atomic E-state index is 4.31. The second-order valence-corrected chi connectivity index (χ2v) is 3.45. The van der Waals surface area contributed by atoms with E-state index >= 15 is 0 Å². The molecule has 2 heterocycles. The fourth-order valence-corrected chi connectivity index (χ4v) is 1.73. The highest BCUT2D eigenvalue weighted by atomic mass is 15.0. The summed E-state index contributed by atoms with van der Waals surface area (Å²) >= 11 is 0. The molecular formula is C11H10N4. The lowest BCUT2D eigenvalue weighted by Gasteiger charge is -2.02. The van der Waals surface area contributed by atoms with Gasteiger partial charge in [-0.05, 0) is 11.6 Å². The van der Waals surface area contributed by atoms with Crippen molar-refractivity contribution in [3.63, 3.8) is 0 Å². The average molecular weight is 198 g/mol. The molecule has 0 radical (unpaired) electrons. The number of fused-ring (bicyclic) bond motifs is 1. The van der Waals surface area contributed by atoms with Gasteiger partial charge in [-0.15, -0.1) is 0 Å². The molecule has 3 rings (SSSR count). The molecule has 15 heavy (non-hydrogen) atoms. The number of hydrogen-bond acceptors (Lipinski definition) is 2. The maximum Gasteiger partial charge on any atom is 0.0949 e. The SMILES string of the molecule is c1cc(Cn2ccnc2)c2nc[nH]c2c1. The van der Waals surface area contributed by atoms with Gasteiger partial charge in [0.05, 0.1) is 30.2 Å². The van der Waals surface area contributed by atoms with Crippen molar-refractivity contribution in [1.29, 1.82) is 0 Å². The molecule has 0 atom stereocenters. The Bertz CT molecular complexity index is 565. The molecule has 0 saturated carbocycles. The van der Waals surface area contributed by atoms with E-state index in [0.29, 0.717) is 0 Å². The molecule has 2 aromatic heterocycles. The fourth-order valence-electron chi connectivity index (χ4n) is 1.73. The van der Waals surface area contributed by atoms with Crippen molar-refractivity contribution in [1.82, 2.24) is 19.5 Å².